The largest absolute Gasteiger partial charge is 0.481 e. The Balaban J connectivity index is 2.09. The van der Waals surface area contributed by atoms with Crippen LogP contribution in [0.3, 0.4) is 0 Å². The van der Waals surface area contributed by atoms with E-state index in [-0.39, 0.29) is 0 Å². The Morgan fingerprint density at radius 2 is 2.22 bits per heavy atom. The van der Waals surface area contributed by atoms with Crippen LogP contribution in [0, 0.1) is 11.3 Å². The molecule has 90 valence electrons. The summed E-state index contributed by atoms with van der Waals surface area (Å²) in [4.78, 5) is 8.16. The number of nitrogens with one attached hydrogen (secondary N) is 1. The van der Waals surface area contributed by atoms with Crippen molar-refractivity contribution in [3.05, 3.63) is 47.8 Å². The molecule has 18 heavy (non-hydrogen) atoms. The van der Waals surface area contributed by atoms with Gasteiger partial charge in [-0.05, 0) is 23.8 Å². The van der Waals surface area contributed by atoms with Crippen molar-refractivity contribution in [3.63, 3.8) is 0 Å². The molecule has 2 aromatic heterocycles. The van der Waals surface area contributed by atoms with Crippen molar-refractivity contribution in [2.45, 2.75) is 6.54 Å². The SMILES string of the molecule is COc1cc(CNc2ncccc2C#N)ccn1. The summed E-state index contributed by atoms with van der Waals surface area (Å²) in [7, 11) is 1.58. The first-order valence-electron chi connectivity index (χ1n) is 5.41. The van der Waals surface area contributed by atoms with Gasteiger partial charge in [-0.25, -0.2) is 9.97 Å². The molecule has 0 atom stereocenters. The van der Waals surface area contributed by atoms with E-state index in [1.54, 1.807) is 31.6 Å². The van der Waals surface area contributed by atoms with E-state index in [0.717, 1.165) is 5.56 Å². The fourth-order valence-corrected chi connectivity index (χ4v) is 1.49. The van der Waals surface area contributed by atoms with E-state index < -0.39 is 0 Å². The van der Waals surface area contributed by atoms with Gasteiger partial charge >= 0.3 is 0 Å². The van der Waals surface area contributed by atoms with Gasteiger partial charge in [0.1, 0.15) is 11.9 Å². The Kier molecular flexibility index (Phi) is 3.72. The highest BCUT2D eigenvalue weighted by Crippen LogP contribution is 2.13. The van der Waals surface area contributed by atoms with Gasteiger partial charge in [-0.1, -0.05) is 0 Å². The van der Waals surface area contributed by atoms with Crippen molar-refractivity contribution in [2.24, 2.45) is 0 Å². The van der Waals surface area contributed by atoms with Crippen LogP contribution in [0.5, 0.6) is 5.88 Å². The lowest BCUT2D eigenvalue weighted by molar-refractivity contribution is 0.397. The molecule has 0 saturated heterocycles. The van der Waals surface area contributed by atoms with Crippen LogP contribution in [0.2, 0.25) is 0 Å². The lowest BCUT2D eigenvalue weighted by atomic mass is 10.2. The topological polar surface area (TPSA) is 70.8 Å². The minimum Gasteiger partial charge on any atom is -0.481 e. The third kappa shape index (κ3) is 2.74. The van der Waals surface area contributed by atoms with Crippen LogP contribution >= 0.6 is 0 Å². The molecule has 0 bridgehead atoms. The zero-order valence-corrected chi connectivity index (χ0v) is 9.92. The summed E-state index contributed by atoms with van der Waals surface area (Å²) >= 11 is 0. The van der Waals surface area contributed by atoms with E-state index in [1.807, 2.05) is 12.1 Å². The van der Waals surface area contributed by atoms with Crippen molar-refractivity contribution in [1.82, 2.24) is 9.97 Å². The highest BCUT2D eigenvalue weighted by Gasteiger charge is 2.02. The molecular weight excluding hydrogens is 228 g/mol. The Labute approximate surface area is 105 Å². The minimum absolute atomic E-state index is 0.526. The van der Waals surface area contributed by atoms with Gasteiger partial charge in [-0.3, -0.25) is 0 Å². The van der Waals surface area contributed by atoms with Crippen LogP contribution in [0.1, 0.15) is 11.1 Å². The number of nitriles is 1. The molecule has 0 unspecified atom stereocenters. The summed E-state index contributed by atoms with van der Waals surface area (Å²) in [5.41, 5.74) is 1.54. The molecule has 0 amide bonds. The molecular formula is C13H12N4O. The van der Waals surface area contributed by atoms with Gasteiger partial charge in [0.2, 0.25) is 5.88 Å². The molecule has 0 aliphatic carbocycles. The molecule has 2 rings (SSSR count). The number of nitrogens with zero attached hydrogens (tertiary/aromatic N) is 3. The van der Waals surface area contributed by atoms with Gasteiger partial charge in [0.25, 0.3) is 0 Å². The second kappa shape index (κ2) is 5.64. The quantitative estimate of drug-likeness (QED) is 0.884. The summed E-state index contributed by atoms with van der Waals surface area (Å²) in [5.74, 6) is 1.15. The van der Waals surface area contributed by atoms with E-state index in [4.69, 9.17) is 10.00 Å². The van der Waals surface area contributed by atoms with Crippen LogP contribution < -0.4 is 10.1 Å². The number of hydrogen-bond acceptors (Lipinski definition) is 5. The first-order valence-corrected chi connectivity index (χ1v) is 5.41. The highest BCUT2D eigenvalue weighted by atomic mass is 16.5. The van der Waals surface area contributed by atoms with Crippen LogP contribution in [0.4, 0.5) is 5.82 Å². The van der Waals surface area contributed by atoms with E-state index in [9.17, 15) is 0 Å². The second-order valence-electron chi connectivity index (χ2n) is 3.57. The number of pyridine rings is 2. The van der Waals surface area contributed by atoms with Crippen LogP contribution in [0.25, 0.3) is 0 Å². The fourth-order valence-electron chi connectivity index (χ4n) is 1.49. The number of ether oxygens (including phenoxy) is 1. The minimum atomic E-state index is 0.526. The predicted octanol–water partition coefficient (Wildman–Crippen LogP) is 1.97. The molecule has 1 N–H and O–H groups in total. The normalized spacial score (nSPS) is 9.56. The average molecular weight is 240 g/mol. The van der Waals surface area contributed by atoms with Gasteiger partial charge in [0, 0.05) is 25.0 Å². The first-order chi connectivity index (χ1) is 8.83. The highest BCUT2D eigenvalue weighted by molar-refractivity contribution is 5.51. The summed E-state index contributed by atoms with van der Waals surface area (Å²) < 4.78 is 5.04. The molecule has 5 nitrogen and oxygen atoms in total. The van der Waals surface area contributed by atoms with E-state index >= 15 is 0 Å². The van der Waals surface area contributed by atoms with E-state index in [0.29, 0.717) is 23.8 Å². The zero-order valence-electron chi connectivity index (χ0n) is 9.92. The monoisotopic (exact) mass is 240 g/mol. The molecule has 5 heteroatoms. The van der Waals surface area contributed by atoms with Crippen LogP contribution in [-0.4, -0.2) is 17.1 Å². The first kappa shape index (κ1) is 11.9. The average Bonchev–Trinajstić information content (AvgIpc) is 2.45. The molecule has 0 aliphatic heterocycles. The lowest BCUT2D eigenvalue weighted by Gasteiger charge is -2.07. The van der Waals surface area contributed by atoms with Crippen molar-refractivity contribution in [2.75, 3.05) is 12.4 Å². The number of hydrogen-bond donors (Lipinski definition) is 1. The van der Waals surface area contributed by atoms with Crippen molar-refractivity contribution >= 4 is 5.82 Å². The molecule has 0 aromatic carbocycles. The summed E-state index contributed by atoms with van der Waals surface area (Å²) in [5, 5.41) is 12.1. The summed E-state index contributed by atoms with van der Waals surface area (Å²) in [6.07, 6.45) is 3.33. The number of aromatic nitrogens is 2. The molecule has 2 heterocycles. The molecule has 0 radical (unpaired) electrons. The zero-order chi connectivity index (χ0) is 12.8. The summed E-state index contributed by atoms with van der Waals surface area (Å²) in [6, 6.07) is 9.27. The van der Waals surface area contributed by atoms with Gasteiger partial charge < -0.3 is 10.1 Å². The van der Waals surface area contributed by atoms with Crippen molar-refractivity contribution < 1.29 is 4.74 Å². The van der Waals surface area contributed by atoms with E-state index in [1.165, 1.54) is 0 Å². The molecule has 0 spiro atoms. The Morgan fingerprint density at radius 3 is 3.00 bits per heavy atom. The maximum absolute atomic E-state index is 8.94. The van der Waals surface area contributed by atoms with Crippen LogP contribution in [0.15, 0.2) is 36.7 Å². The standard InChI is InChI=1S/C13H12N4O/c1-18-12-7-10(4-6-15-12)9-17-13-11(8-14)3-2-5-16-13/h2-7H,9H2,1H3,(H,16,17). The lowest BCUT2D eigenvalue weighted by Crippen LogP contribution is -2.03. The molecule has 0 saturated carbocycles. The van der Waals surface area contributed by atoms with Crippen molar-refractivity contribution in [3.8, 4) is 11.9 Å². The van der Waals surface area contributed by atoms with Crippen molar-refractivity contribution in [1.29, 1.82) is 5.26 Å². The van der Waals surface area contributed by atoms with Gasteiger partial charge in [-0.2, -0.15) is 5.26 Å². The molecule has 0 aliphatic rings. The Bertz CT molecular complexity index is 577. The second-order valence-corrected chi connectivity index (χ2v) is 3.57. The van der Waals surface area contributed by atoms with Gasteiger partial charge in [0.15, 0.2) is 0 Å². The molecule has 0 fully saturated rings. The van der Waals surface area contributed by atoms with E-state index in [2.05, 4.69) is 21.4 Å². The molecule has 2 aromatic rings. The predicted molar refractivity (Wildman–Crippen MR) is 67.1 cm³/mol. The third-order valence-corrected chi connectivity index (χ3v) is 2.40. The van der Waals surface area contributed by atoms with Gasteiger partial charge in [0.05, 0.1) is 12.7 Å². The Hall–Kier alpha value is -2.61. The summed E-state index contributed by atoms with van der Waals surface area (Å²) in [6.45, 7) is 0.560. The maximum Gasteiger partial charge on any atom is 0.213 e. The maximum atomic E-state index is 8.94. The number of anilines is 1. The Morgan fingerprint density at radius 1 is 1.33 bits per heavy atom. The smallest absolute Gasteiger partial charge is 0.213 e. The van der Waals surface area contributed by atoms with Gasteiger partial charge in [-0.15, -0.1) is 0 Å². The third-order valence-electron chi connectivity index (χ3n) is 2.40. The number of methoxy groups -OCH3 is 1. The fraction of sp³-hybridized carbons (Fsp3) is 0.154. The van der Waals surface area contributed by atoms with Crippen LogP contribution in [-0.2, 0) is 6.54 Å². The number of rotatable bonds is 4.